The summed E-state index contributed by atoms with van der Waals surface area (Å²) in [6.07, 6.45) is 1.21. The van der Waals surface area contributed by atoms with Gasteiger partial charge in [-0.3, -0.25) is 0 Å². The van der Waals surface area contributed by atoms with Gasteiger partial charge < -0.3 is 14.6 Å². The number of rotatable bonds is 2. The monoisotopic (exact) mass is 160 g/mol. The molecule has 3 heteroatoms. The van der Waals surface area contributed by atoms with E-state index in [4.69, 9.17) is 9.47 Å². The number of aliphatic hydroxyl groups is 1. The number of ether oxygens (including phenoxy) is 2. The summed E-state index contributed by atoms with van der Waals surface area (Å²) >= 11 is 0. The highest BCUT2D eigenvalue weighted by Crippen LogP contribution is 2.19. The van der Waals surface area contributed by atoms with Crippen LogP contribution in [0.3, 0.4) is 0 Å². The molecular formula is C8H16O3. The maximum Gasteiger partial charge on any atom is 0.160 e. The summed E-state index contributed by atoms with van der Waals surface area (Å²) in [5, 5.41) is 9.29. The van der Waals surface area contributed by atoms with E-state index in [2.05, 4.69) is 0 Å². The van der Waals surface area contributed by atoms with Crippen molar-refractivity contribution in [1.82, 2.24) is 0 Å². The Balaban J connectivity index is 2.29. The van der Waals surface area contributed by atoms with Gasteiger partial charge in [0, 0.05) is 6.42 Å². The minimum absolute atomic E-state index is 0.0602. The van der Waals surface area contributed by atoms with E-state index in [0.717, 1.165) is 6.42 Å². The molecule has 2 atom stereocenters. The molecule has 0 bridgehead atoms. The fraction of sp³-hybridized carbons (Fsp3) is 1.00. The molecule has 1 saturated heterocycles. The molecule has 1 unspecified atom stereocenters. The van der Waals surface area contributed by atoms with Crippen LogP contribution in [0.25, 0.3) is 0 Å². The van der Waals surface area contributed by atoms with Gasteiger partial charge in [-0.25, -0.2) is 0 Å². The molecular weight excluding hydrogens is 144 g/mol. The Morgan fingerprint density at radius 3 is 2.55 bits per heavy atom. The molecule has 0 saturated carbocycles. The highest BCUT2D eigenvalue weighted by molar-refractivity contribution is 4.71. The molecule has 11 heavy (non-hydrogen) atoms. The summed E-state index contributed by atoms with van der Waals surface area (Å²) in [7, 11) is 0. The summed E-state index contributed by atoms with van der Waals surface area (Å²) in [5.41, 5.74) is 0. The lowest BCUT2D eigenvalue weighted by atomic mass is 10.2. The summed E-state index contributed by atoms with van der Waals surface area (Å²) in [5.74, 6) is -1.03. The quantitative estimate of drug-likeness (QED) is 0.610. The summed E-state index contributed by atoms with van der Waals surface area (Å²) in [4.78, 5) is 0. The topological polar surface area (TPSA) is 38.7 Å². The van der Waals surface area contributed by atoms with Crippen LogP contribution in [0.4, 0.5) is 0 Å². The molecule has 1 rings (SSSR count). The van der Waals surface area contributed by atoms with E-state index in [1.165, 1.54) is 0 Å². The van der Waals surface area contributed by atoms with Gasteiger partial charge in [-0.15, -0.1) is 0 Å². The van der Waals surface area contributed by atoms with Crippen molar-refractivity contribution in [2.24, 2.45) is 0 Å². The summed E-state index contributed by atoms with van der Waals surface area (Å²) in [6.45, 7) is 5.88. The molecule has 0 aromatic heterocycles. The molecule has 1 heterocycles. The zero-order chi connectivity index (χ0) is 8.48. The Hall–Kier alpha value is -0.120. The van der Waals surface area contributed by atoms with Crippen LogP contribution in [0.1, 0.15) is 27.2 Å². The van der Waals surface area contributed by atoms with E-state index in [9.17, 15) is 5.11 Å². The number of hydrogen-bond donors (Lipinski definition) is 1. The largest absolute Gasteiger partial charge is 0.376 e. The Kier molecular flexibility index (Phi) is 2.52. The van der Waals surface area contributed by atoms with Crippen LogP contribution in [-0.4, -0.2) is 29.7 Å². The van der Waals surface area contributed by atoms with Crippen LogP contribution in [0, 0.1) is 0 Å². The lowest BCUT2D eigenvalue weighted by Gasteiger charge is -2.22. The number of hydrogen-bond acceptors (Lipinski definition) is 3. The van der Waals surface area contributed by atoms with Gasteiger partial charge in [0.15, 0.2) is 5.79 Å². The van der Waals surface area contributed by atoms with Crippen LogP contribution >= 0.6 is 0 Å². The second-order valence-electron chi connectivity index (χ2n) is 3.57. The molecule has 0 aromatic carbocycles. The lowest BCUT2D eigenvalue weighted by Crippen LogP contribution is -2.30. The predicted octanol–water partition coefficient (Wildman–Crippen LogP) is 0.909. The minimum atomic E-state index is -1.03. The van der Waals surface area contributed by atoms with E-state index >= 15 is 0 Å². The Morgan fingerprint density at radius 2 is 2.18 bits per heavy atom. The van der Waals surface area contributed by atoms with Crippen LogP contribution in [-0.2, 0) is 9.47 Å². The van der Waals surface area contributed by atoms with Gasteiger partial charge in [0.05, 0.1) is 18.8 Å². The molecule has 0 amide bonds. The predicted molar refractivity (Wildman–Crippen MR) is 41.2 cm³/mol. The van der Waals surface area contributed by atoms with Crippen molar-refractivity contribution in [2.75, 3.05) is 6.61 Å². The fourth-order valence-corrected chi connectivity index (χ4v) is 1.27. The van der Waals surface area contributed by atoms with E-state index in [0.29, 0.717) is 6.61 Å². The van der Waals surface area contributed by atoms with Gasteiger partial charge in [0.1, 0.15) is 0 Å². The minimum Gasteiger partial charge on any atom is -0.376 e. The standard InChI is InChI=1S/C8H16O3/c1-6-4-7(5-10-6)11-8(2,3)9/h6-7,9H,4-5H2,1-3H3/t6-,7?/m1/s1. The van der Waals surface area contributed by atoms with Gasteiger partial charge in [-0.2, -0.15) is 0 Å². The normalized spacial score (nSPS) is 32.7. The maximum atomic E-state index is 9.29. The Morgan fingerprint density at radius 1 is 1.55 bits per heavy atom. The smallest absolute Gasteiger partial charge is 0.160 e. The molecule has 0 aromatic rings. The summed E-state index contributed by atoms with van der Waals surface area (Å²) < 4.78 is 10.6. The first-order chi connectivity index (χ1) is 4.97. The highest BCUT2D eigenvalue weighted by Gasteiger charge is 2.27. The van der Waals surface area contributed by atoms with Crippen molar-refractivity contribution < 1.29 is 14.6 Å². The third-order valence-corrected chi connectivity index (χ3v) is 1.62. The molecule has 66 valence electrons. The second-order valence-corrected chi connectivity index (χ2v) is 3.57. The molecule has 1 fully saturated rings. The fourth-order valence-electron chi connectivity index (χ4n) is 1.27. The van der Waals surface area contributed by atoms with Crippen molar-refractivity contribution in [1.29, 1.82) is 0 Å². The second kappa shape index (κ2) is 3.09. The highest BCUT2D eigenvalue weighted by atomic mass is 16.6. The molecule has 1 aliphatic heterocycles. The molecule has 0 spiro atoms. The molecule has 1 N–H and O–H groups in total. The van der Waals surface area contributed by atoms with Crippen molar-refractivity contribution in [3.8, 4) is 0 Å². The van der Waals surface area contributed by atoms with Crippen molar-refractivity contribution in [3.05, 3.63) is 0 Å². The zero-order valence-corrected chi connectivity index (χ0v) is 7.33. The van der Waals surface area contributed by atoms with Crippen LogP contribution in [0.5, 0.6) is 0 Å². The van der Waals surface area contributed by atoms with Crippen molar-refractivity contribution in [2.45, 2.75) is 45.2 Å². The Bertz CT molecular complexity index is 128. The molecule has 0 aliphatic carbocycles. The summed E-state index contributed by atoms with van der Waals surface area (Å²) in [6, 6.07) is 0. The van der Waals surface area contributed by atoms with Gasteiger partial charge in [0.25, 0.3) is 0 Å². The van der Waals surface area contributed by atoms with Crippen LogP contribution in [0.15, 0.2) is 0 Å². The first-order valence-electron chi connectivity index (χ1n) is 3.99. The average molecular weight is 160 g/mol. The van der Waals surface area contributed by atoms with Gasteiger partial charge in [-0.1, -0.05) is 0 Å². The first kappa shape index (κ1) is 8.97. The lowest BCUT2D eigenvalue weighted by molar-refractivity contribution is -0.204. The van der Waals surface area contributed by atoms with Crippen molar-refractivity contribution in [3.63, 3.8) is 0 Å². The van der Waals surface area contributed by atoms with Crippen molar-refractivity contribution >= 4 is 0 Å². The Labute approximate surface area is 67.3 Å². The van der Waals surface area contributed by atoms with Gasteiger partial charge in [0.2, 0.25) is 0 Å². The third-order valence-electron chi connectivity index (χ3n) is 1.62. The van der Waals surface area contributed by atoms with E-state index in [1.807, 2.05) is 6.92 Å². The van der Waals surface area contributed by atoms with Crippen LogP contribution < -0.4 is 0 Å². The van der Waals surface area contributed by atoms with E-state index < -0.39 is 5.79 Å². The van der Waals surface area contributed by atoms with E-state index in [-0.39, 0.29) is 12.2 Å². The maximum absolute atomic E-state index is 9.29. The average Bonchev–Trinajstić information content (AvgIpc) is 2.10. The van der Waals surface area contributed by atoms with Gasteiger partial charge >= 0.3 is 0 Å². The zero-order valence-electron chi connectivity index (χ0n) is 7.33. The molecule has 3 nitrogen and oxygen atoms in total. The first-order valence-corrected chi connectivity index (χ1v) is 3.99. The van der Waals surface area contributed by atoms with Crippen LogP contribution in [0.2, 0.25) is 0 Å². The van der Waals surface area contributed by atoms with E-state index in [1.54, 1.807) is 13.8 Å². The molecule has 1 aliphatic rings. The SMILES string of the molecule is C[C@@H]1CC(OC(C)(C)O)CO1. The molecule has 0 radical (unpaired) electrons. The third kappa shape index (κ3) is 3.18. The van der Waals surface area contributed by atoms with Gasteiger partial charge in [-0.05, 0) is 20.8 Å².